The molecule has 1 heterocycles. The molecule has 0 aliphatic heterocycles. The van der Waals surface area contributed by atoms with E-state index in [1.807, 2.05) is 20.8 Å². The van der Waals surface area contributed by atoms with Crippen LogP contribution in [0.2, 0.25) is 0 Å². The van der Waals surface area contributed by atoms with Crippen LogP contribution in [-0.2, 0) is 10.0 Å². The van der Waals surface area contributed by atoms with Crippen molar-refractivity contribution < 1.29 is 8.42 Å². The van der Waals surface area contributed by atoms with E-state index < -0.39 is 10.0 Å². The molecule has 1 N–H and O–H groups in total. The first kappa shape index (κ1) is 14.9. The van der Waals surface area contributed by atoms with Crippen molar-refractivity contribution in [2.75, 3.05) is 25.5 Å². The first-order valence-corrected chi connectivity index (χ1v) is 7.49. The summed E-state index contributed by atoms with van der Waals surface area (Å²) in [6.45, 7) is 6.83. The maximum atomic E-state index is 12.4. The Morgan fingerprint density at radius 1 is 1.39 bits per heavy atom. The quantitative estimate of drug-likeness (QED) is 0.857. The highest BCUT2D eigenvalue weighted by atomic mass is 32.2. The first-order valence-electron chi connectivity index (χ1n) is 6.05. The minimum absolute atomic E-state index is 0.240. The van der Waals surface area contributed by atoms with E-state index in [0.29, 0.717) is 24.8 Å². The summed E-state index contributed by atoms with van der Waals surface area (Å²) in [5.41, 5.74) is 0. The number of nitrogens with one attached hydrogen (secondary N) is 1. The molecule has 0 saturated carbocycles. The summed E-state index contributed by atoms with van der Waals surface area (Å²) in [5.74, 6) is 0.949. The molecule has 0 atom stereocenters. The number of pyridine rings is 1. The van der Waals surface area contributed by atoms with Crippen LogP contribution in [0.5, 0.6) is 0 Å². The van der Waals surface area contributed by atoms with Gasteiger partial charge in [-0.25, -0.2) is 13.4 Å². The molecule has 0 aliphatic rings. The van der Waals surface area contributed by atoms with E-state index in [-0.39, 0.29) is 4.90 Å². The molecule has 1 aromatic heterocycles. The number of aromatic nitrogens is 1. The van der Waals surface area contributed by atoms with Gasteiger partial charge in [-0.15, -0.1) is 0 Å². The summed E-state index contributed by atoms with van der Waals surface area (Å²) in [5, 5.41) is 2.86. The lowest BCUT2D eigenvalue weighted by Gasteiger charge is -2.22. The van der Waals surface area contributed by atoms with Crippen LogP contribution < -0.4 is 5.32 Å². The second-order valence-corrected chi connectivity index (χ2v) is 6.42. The largest absolute Gasteiger partial charge is 0.373 e. The van der Waals surface area contributed by atoms with Gasteiger partial charge in [0.25, 0.3) is 0 Å². The van der Waals surface area contributed by atoms with E-state index in [1.54, 1.807) is 19.2 Å². The Morgan fingerprint density at radius 3 is 2.44 bits per heavy atom. The van der Waals surface area contributed by atoms with E-state index in [4.69, 9.17) is 0 Å². The smallest absolute Gasteiger partial charge is 0.244 e. The number of sulfonamides is 1. The second kappa shape index (κ2) is 6.15. The Balaban J connectivity index is 3.02. The molecule has 1 rings (SSSR count). The minimum atomic E-state index is -3.43. The highest BCUT2D eigenvalue weighted by Crippen LogP contribution is 2.17. The molecule has 1 aromatic rings. The summed E-state index contributed by atoms with van der Waals surface area (Å²) in [6.07, 6.45) is 1.39. The Morgan fingerprint density at radius 2 is 2.06 bits per heavy atom. The predicted octanol–water partition coefficient (Wildman–Crippen LogP) is 1.79. The summed E-state index contributed by atoms with van der Waals surface area (Å²) in [4.78, 5) is 4.28. The van der Waals surface area contributed by atoms with E-state index in [2.05, 4.69) is 10.3 Å². The third-order valence-electron chi connectivity index (χ3n) is 2.55. The van der Waals surface area contributed by atoms with Gasteiger partial charge in [0.15, 0.2) is 0 Å². The zero-order valence-corrected chi connectivity index (χ0v) is 12.2. The van der Waals surface area contributed by atoms with Gasteiger partial charge in [0.1, 0.15) is 10.7 Å². The van der Waals surface area contributed by atoms with Crippen LogP contribution in [0.15, 0.2) is 23.2 Å². The molecule has 0 saturated heterocycles. The molecule has 0 spiro atoms. The van der Waals surface area contributed by atoms with E-state index in [0.717, 1.165) is 0 Å². The van der Waals surface area contributed by atoms with Crippen LogP contribution in [0.3, 0.4) is 0 Å². The van der Waals surface area contributed by atoms with Crippen LogP contribution in [0.25, 0.3) is 0 Å². The van der Waals surface area contributed by atoms with Gasteiger partial charge in [-0.2, -0.15) is 4.31 Å². The number of hydrogen-bond acceptors (Lipinski definition) is 4. The monoisotopic (exact) mass is 271 g/mol. The highest BCUT2D eigenvalue weighted by molar-refractivity contribution is 7.89. The standard InChI is InChI=1S/C12H21N3O2S/c1-5-15(9-10(2)3)18(16,17)11-6-7-12(13-4)14-8-11/h6-8,10H,5,9H2,1-4H3,(H,13,14). The van der Waals surface area contributed by atoms with Gasteiger partial charge >= 0.3 is 0 Å². The van der Waals surface area contributed by atoms with E-state index in [9.17, 15) is 8.42 Å². The molecule has 0 aliphatic carbocycles. The molecule has 0 aromatic carbocycles. The zero-order chi connectivity index (χ0) is 13.8. The fraction of sp³-hybridized carbons (Fsp3) is 0.583. The van der Waals surface area contributed by atoms with Crippen LogP contribution in [-0.4, -0.2) is 37.8 Å². The number of anilines is 1. The minimum Gasteiger partial charge on any atom is -0.373 e. The van der Waals surface area contributed by atoms with Crippen molar-refractivity contribution in [1.82, 2.24) is 9.29 Å². The maximum Gasteiger partial charge on any atom is 0.244 e. The van der Waals surface area contributed by atoms with Crippen LogP contribution >= 0.6 is 0 Å². The van der Waals surface area contributed by atoms with Crippen molar-refractivity contribution in [3.63, 3.8) is 0 Å². The molecular formula is C12H21N3O2S. The fourth-order valence-electron chi connectivity index (χ4n) is 1.63. The van der Waals surface area contributed by atoms with Crippen LogP contribution in [0.1, 0.15) is 20.8 Å². The number of rotatable bonds is 6. The first-order chi connectivity index (χ1) is 8.41. The lowest BCUT2D eigenvalue weighted by Crippen LogP contribution is -2.34. The Hall–Kier alpha value is -1.14. The molecule has 6 heteroatoms. The normalized spacial score (nSPS) is 12.1. The van der Waals surface area contributed by atoms with Crippen LogP contribution in [0.4, 0.5) is 5.82 Å². The Kier molecular flexibility index (Phi) is 5.10. The van der Waals surface area contributed by atoms with Crippen molar-refractivity contribution in [3.05, 3.63) is 18.3 Å². The molecule has 0 bridgehead atoms. The van der Waals surface area contributed by atoms with Crippen molar-refractivity contribution in [2.45, 2.75) is 25.7 Å². The van der Waals surface area contributed by atoms with E-state index >= 15 is 0 Å². The lowest BCUT2D eigenvalue weighted by molar-refractivity contribution is 0.381. The van der Waals surface area contributed by atoms with Crippen molar-refractivity contribution in [2.24, 2.45) is 5.92 Å². The zero-order valence-electron chi connectivity index (χ0n) is 11.3. The molecular weight excluding hydrogens is 250 g/mol. The average Bonchev–Trinajstić information content (AvgIpc) is 2.35. The van der Waals surface area contributed by atoms with Crippen molar-refractivity contribution >= 4 is 15.8 Å². The molecule has 18 heavy (non-hydrogen) atoms. The van der Waals surface area contributed by atoms with Gasteiger partial charge in [0.2, 0.25) is 10.0 Å². The van der Waals surface area contributed by atoms with Crippen LogP contribution in [0, 0.1) is 5.92 Å². The van der Waals surface area contributed by atoms with Gasteiger partial charge in [0, 0.05) is 26.3 Å². The summed E-state index contributed by atoms with van der Waals surface area (Å²) in [6, 6.07) is 3.24. The van der Waals surface area contributed by atoms with Crippen molar-refractivity contribution in [1.29, 1.82) is 0 Å². The fourth-order valence-corrected chi connectivity index (χ4v) is 3.19. The summed E-state index contributed by atoms with van der Waals surface area (Å²) < 4.78 is 26.2. The van der Waals surface area contributed by atoms with Gasteiger partial charge in [0.05, 0.1) is 0 Å². The summed E-state index contributed by atoms with van der Waals surface area (Å²) in [7, 11) is -1.68. The topological polar surface area (TPSA) is 62.3 Å². The SMILES string of the molecule is CCN(CC(C)C)S(=O)(=O)c1ccc(NC)nc1. The van der Waals surface area contributed by atoms with E-state index in [1.165, 1.54) is 10.5 Å². The highest BCUT2D eigenvalue weighted by Gasteiger charge is 2.23. The lowest BCUT2D eigenvalue weighted by atomic mass is 10.2. The molecule has 0 amide bonds. The van der Waals surface area contributed by atoms with Gasteiger partial charge < -0.3 is 5.32 Å². The number of nitrogens with zero attached hydrogens (tertiary/aromatic N) is 2. The van der Waals surface area contributed by atoms with Gasteiger partial charge in [-0.3, -0.25) is 0 Å². The molecule has 0 fully saturated rings. The third kappa shape index (κ3) is 3.43. The Labute approximate surface area is 109 Å². The van der Waals surface area contributed by atoms with Gasteiger partial charge in [-0.1, -0.05) is 20.8 Å². The molecule has 0 unspecified atom stereocenters. The summed E-state index contributed by atoms with van der Waals surface area (Å²) >= 11 is 0. The Bertz CT molecular complexity index is 469. The average molecular weight is 271 g/mol. The third-order valence-corrected chi connectivity index (χ3v) is 4.48. The van der Waals surface area contributed by atoms with Gasteiger partial charge in [-0.05, 0) is 18.1 Å². The molecule has 0 radical (unpaired) electrons. The number of hydrogen-bond donors (Lipinski definition) is 1. The molecule has 5 nitrogen and oxygen atoms in total. The predicted molar refractivity (Wildman–Crippen MR) is 73.1 cm³/mol. The second-order valence-electron chi connectivity index (χ2n) is 4.48. The molecule has 102 valence electrons. The van der Waals surface area contributed by atoms with Crippen molar-refractivity contribution in [3.8, 4) is 0 Å². The maximum absolute atomic E-state index is 12.4.